The summed E-state index contributed by atoms with van der Waals surface area (Å²) in [6, 6.07) is 3.72. The normalized spacial score (nSPS) is 15.2. The van der Waals surface area contributed by atoms with Crippen LogP contribution in [0.5, 0.6) is 0 Å². The predicted molar refractivity (Wildman–Crippen MR) is 159 cm³/mol. The lowest BCUT2D eigenvalue weighted by Gasteiger charge is -2.33. The number of hydrogen-bond donors (Lipinski definition) is 1. The van der Waals surface area contributed by atoms with Crippen LogP contribution in [0.3, 0.4) is 0 Å². The summed E-state index contributed by atoms with van der Waals surface area (Å²) in [5.41, 5.74) is 0. The lowest BCUT2D eigenvalue weighted by Crippen LogP contribution is -2.37. The van der Waals surface area contributed by atoms with Gasteiger partial charge in [0.25, 0.3) is 0 Å². The summed E-state index contributed by atoms with van der Waals surface area (Å²) in [6.07, 6.45) is 11.1. The van der Waals surface area contributed by atoms with Gasteiger partial charge in [0, 0.05) is 49.2 Å². The standard InChI is InChI=1S/C19H29ClN2O2S.C8H9ClN2S/c1-3-5-7-15(4-2)14-24-17(23)9-13-25-16-8-10-21-19(18(16)20)22-11-6-12-22;9-7-6(12)2-3-10-8(7)11-4-1-5-11/h8,10,15H,3-7,9,11-14H2,1-2H3;2-3H,1,4-5H2,(H,10,12). The molecule has 2 aliphatic heterocycles. The van der Waals surface area contributed by atoms with Crippen LogP contribution in [0.15, 0.2) is 29.4 Å². The van der Waals surface area contributed by atoms with Crippen LogP contribution in [0.25, 0.3) is 0 Å². The molecule has 0 spiro atoms. The minimum absolute atomic E-state index is 0.115. The number of unbranched alkanes of at least 4 members (excludes halogenated alkanes) is 1. The first-order valence-corrected chi connectivity index (χ1v) is 15.4. The van der Waals surface area contributed by atoms with Crippen LogP contribution in [0.4, 0.5) is 11.6 Å². The Kier molecular flexibility index (Phi) is 12.9. The van der Waals surface area contributed by atoms with E-state index >= 15 is 0 Å². The van der Waals surface area contributed by atoms with E-state index in [9.17, 15) is 4.79 Å². The summed E-state index contributed by atoms with van der Waals surface area (Å²) in [6.45, 7) is 9.09. The second kappa shape index (κ2) is 15.8. The quantitative estimate of drug-likeness (QED) is 0.155. The molecule has 2 aliphatic rings. The molecule has 4 rings (SSSR count). The first kappa shape index (κ1) is 30.1. The summed E-state index contributed by atoms with van der Waals surface area (Å²) in [5.74, 6) is 2.88. The van der Waals surface area contributed by atoms with E-state index in [0.29, 0.717) is 34.7 Å². The lowest BCUT2D eigenvalue weighted by molar-refractivity contribution is -0.144. The summed E-state index contributed by atoms with van der Waals surface area (Å²) >= 11 is 19.1. The van der Waals surface area contributed by atoms with Crippen LogP contribution >= 0.6 is 47.2 Å². The van der Waals surface area contributed by atoms with Crippen molar-refractivity contribution >= 4 is 64.8 Å². The van der Waals surface area contributed by atoms with Gasteiger partial charge < -0.3 is 19.5 Å². The minimum atomic E-state index is -0.115. The zero-order valence-electron chi connectivity index (χ0n) is 21.8. The molecule has 0 saturated carbocycles. The summed E-state index contributed by atoms with van der Waals surface area (Å²) in [5, 5.41) is 1.37. The molecule has 0 aliphatic carbocycles. The van der Waals surface area contributed by atoms with E-state index in [4.69, 9.17) is 40.2 Å². The van der Waals surface area contributed by atoms with Gasteiger partial charge in [0.2, 0.25) is 0 Å². The number of halogens is 2. The highest BCUT2D eigenvalue weighted by Gasteiger charge is 2.20. The van der Waals surface area contributed by atoms with E-state index in [1.54, 1.807) is 24.0 Å². The molecule has 0 amide bonds. The molecule has 1 unspecified atom stereocenters. The molecule has 1 N–H and O–H groups in total. The third kappa shape index (κ3) is 9.05. The summed E-state index contributed by atoms with van der Waals surface area (Å²) < 4.78 is 6.16. The second-order valence-electron chi connectivity index (χ2n) is 9.33. The van der Waals surface area contributed by atoms with E-state index in [1.165, 1.54) is 25.7 Å². The fourth-order valence-corrected chi connectivity index (χ4v) is 5.58. The number of esters is 1. The van der Waals surface area contributed by atoms with E-state index in [2.05, 4.69) is 33.6 Å². The molecule has 0 radical (unpaired) electrons. The fourth-order valence-electron chi connectivity index (χ4n) is 3.92. The van der Waals surface area contributed by atoms with Crippen molar-refractivity contribution in [2.45, 2.75) is 63.7 Å². The van der Waals surface area contributed by atoms with Crippen LogP contribution in [0.1, 0.15) is 58.8 Å². The molecular formula is C27H38Cl2N4O2S2. The van der Waals surface area contributed by atoms with Gasteiger partial charge in [-0.05, 0) is 37.3 Å². The van der Waals surface area contributed by atoms with Gasteiger partial charge >= 0.3 is 5.97 Å². The van der Waals surface area contributed by atoms with Gasteiger partial charge in [-0.25, -0.2) is 4.98 Å². The van der Waals surface area contributed by atoms with Gasteiger partial charge in [-0.1, -0.05) is 68.5 Å². The average Bonchev–Trinajstić information content (AvgIpc) is 2.82. The third-order valence-electron chi connectivity index (χ3n) is 6.63. The molecule has 4 heterocycles. The van der Waals surface area contributed by atoms with Crippen molar-refractivity contribution in [1.82, 2.24) is 9.97 Å². The summed E-state index contributed by atoms with van der Waals surface area (Å²) in [7, 11) is 0. The van der Waals surface area contributed by atoms with Gasteiger partial charge in [0.15, 0.2) is 0 Å². The number of thioether (sulfide) groups is 1. The Balaban J connectivity index is 0.000000262. The molecular weight excluding hydrogens is 547 g/mol. The number of H-pyrrole nitrogens is 1. The Morgan fingerprint density at radius 2 is 1.89 bits per heavy atom. The van der Waals surface area contributed by atoms with Crippen LogP contribution in [0.2, 0.25) is 10.0 Å². The van der Waals surface area contributed by atoms with Gasteiger partial charge in [-0.3, -0.25) is 4.79 Å². The maximum Gasteiger partial charge on any atom is 0.306 e. The zero-order valence-corrected chi connectivity index (χ0v) is 25.0. The molecule has 2 saturated heterocycles. The number of rotatable bonds is 12. The number of carbonyl (C=O) groups is 1. The Morgan fingerprint density at radius 3 is 2.51 bits per heavy atom. The first-order valence-electron chi connectivity index (χ1n) is 13.2. The Labute approximate surface area is 240 Å². The van der Waals surface area contributed by atoms with Crippen molar-refractivity contribution in [3.8, 4) is 0 Å². The van der Waals surface area contributed by atoms with Gasteiger partial charge in [0.05, 0.1) is 27.6 Å². The molecule has 0 bridgehead atoms. The number of anilines is 2. The highest BCUT2D eigenvalue weighted by molar-refractivity contribution is 7.99. The number of aromatic amines is 1. The van der Waals surface area contributed by atoms with E-state index in [0.717, 1.165) is 60.1 Å². The van der Waals surface area contributed by atoms with Crippen molar-refractivity contribution < 1.29 is 9.53 Å². The lowest BCUT2D eigenvalue weighted by atomic mass is 10.0. The van der Waals surface area contributed by atoms with Crippen LogP contribution < -0.4 is 9.80 Å². The van der Waals surface area contributed by atoms with Crippen LogP contribution in [0, 0.1) is 10.4 Å². The molecule has 10 heteroatoms. The first-order chi connectivity index (χ1) is 17.9. The van der Waals surface area contributed by atoms with Crippen molar-refractivity contribution in [3.05, 3.63) is 39.1 Å². The van der Waals surface area contributed by atoms with Crippen molar-refractivity contribution in [2.75, 3.05) is 48.3 Å². The fraction of sp³-hybridized carbons (Fsp3) is 0.593. The van der Waals surface area contributed by atoms with Crippen molar-refractivity contribution in [1.29, 1.82) is 0 Å². The average molecular weight is 586 g/mol. The largest absolute Gasteiger partial charge is 0.465 e. The monoisotopic (exact) mass is 584 g/mol. The zero-order chi connectivity index (χ0) is 26.6. The van der Waals surface area contributed by atoms with Crippen LogP contribution in [-0.2, 0) is 9.53 Å². The SMILES string of the molecule is CCCCC(CC)COC(=O)CCSc1ccnc(N2CCC2)c1Cl.S=c1cc[nH]c(N2CCC2)c1Cl. The maximum atomic E-state index is 12.0. The number of nitrogens with zero attached hydrogens (tertiary/aromatic N) is 3. The Bertz CT molecular complexity index is 1060. The third-order valence-corrected chi connectivity index (χ3v) is 9.01. The predicted octanol–water partition coefficient (Wildman–Crippen LogP) is 7.79. The maximum absolute atomic E-state index is 12.0. The van der Waals surface area contributed by atoms with Gasteiger partial charge in [-0.2, -0.15) is 0 Å². The number of pyridine rings is 2. The molecule has 2 aromatic heterocycles. The number of carbonyl (C=O) groups excluding carboxylic acids is 1. The second-order valence-corrected chi connectivity index (χ2v) is 11.7. The molecule has 204 valence electrons. The molecule has 2 fully saturated rings. The van der Waals surface area contributed by atoms with Gasteiger partial charge in [-0.15, -0.1) is 11.8 Å². The molecule has 1 atom stereocenters. The smallest absolute Gasteiger partial charge is 0.306 e. The molecule has 6 nitrogen and oxygen atoms in total. The summed E-state index contributed by atoms with van der Waals surface area (Å²) in [4.78, 5) is 24.8. The number of hydrogen-bond acceptors (Lipinski definition) is 7. The number of nitrogens with one attached hydrogen (secondary N) is 1. The van der Waals surface area contributed by atoms with E-state index in [-0.39, 0.29) is 5.97 Å². The van der Waals surface area contributed by atoms with Crippen molar-refractivity contribution in [3.63, 3.8) is 0 Å². The Hall–Kier alpha value is -1.48. The molecule has 2 aromatic rings. The highest BCUT2D eigenvalue weighted by Crippen LogP contribution is 2.35. The number of aromatic nitrogens is 2. The van der Waals surface area contributed by atoms with Crippen LogP contribution in [-0.4, -0.2) is 54.5 Å². The van der Waals surface area contributed by atoms with E-state index in [1.807, 2.05) is 12.3 Å². The topological polar surface area (TPSA) is 61.5 Å². The minimum Gasteiger partial charge on any atom is -0.465 e. The van der Waals surface area contributed by atoms with E-state index < -0.39 is 0 Å². The Morgan fingerprint density at radius 1 is 1.16 bits per heavy atom. The molecule has 0 aromatic carbocycles. The highest BCUT2D eigenvalue weighted by atomic mass is 35.5. The van der Waals surface area contributed by atoms with Gasteiger partial charge in [0.1, 0.15) is 11.6 Å². The van der Waals surface area contributed by atoms with Crippen molar-refractivity contribution in [2.24, 2.45) is 5.92 Å². The number of ether oxygens (including phenoxy) is 1. The molecule has 37 heavy (non-hydrogen) atoms.